The number of para-hydroxylation sites is 3. The van der Waals surface area contributed by atoms with E-state index < -0.39 is 0 Å². The van der Waals surface area contributed by atoms with Gasteiger partial charge in [-0.15, -0.1) is 0 Å². The van der Waals surface area contributed by atoms with E-state index >= 15 is 0 Å². The van der Waals surface area contributed by atoms with E-state index in [0.29, 0.717) is 22.1 Å². The van der Waals surface area contributed by atoms with E-state index in [4.69, 9.17) is 16.3 Å². The van der Waals surface area contributed by atoms with Crippen LogP contribution in [0.3, 0.4) is 0 Å². The molecule has 0 bridgehead atoms. The average Bonchev–Trinajstić information content (AvgIpc) is 2.68. The van der Waals surface area contributed by atoms with E-state index in [1.54, 1.807) is 49.5 Å². The van der Waals surface area contributed by atoms with Gasteiger partial charge in [-0.1, -0.05) is 35.9 Å². The van der Waals surface area contributed by atoms with E-state index in [2.05, 4.69) is 5.32 Å². The van der Waals surface area contributed by atoms with Gasteiger partial charge >= 0.3 is 0 Å². The summed E-state index contributed by atoms with van der Waals surface area (Å²) >= 11 is 6.02. The van der Waals surface area contributed by atoms with E-state index in [1.165, 1.54) is 9.80 Å². The van der Waals surface area contributed by atoms with Crippen molar-refractivity contribution >= 4 is 40.7 Å². The van der Waals surface area contributed by atoms with Crippen LogP contribution in [0.1, 0.15) is 6.42 Å². The minimum absolute atomic E-state index is 0.0543. The number of ether oxygens (including phenoxy) is 1. The van der Waals surface area contributed by atoms with Gasteiger partial charge in [0.25, 0.3) is 5.91 Å². The number of amides is 3. The quantitative estimate of drug-likeness (QED) is 0.806. The van der Waals surface area contributed by atoms with Gasteiger partial charge in [0.2, 0.25) is 11.8 Å². The number of rotatable bonds is 6. The highest BCUT2D eigenvalue weighted by Crippen LogP contribution is 2.31. The molecule has 2 aromatic carbocycles. The third-order valence-corrected chi connectivity index (χ3v) is 4.64. The first kappa shape index (κ1) is 19.7. The summed E-state index contributed by atoms with van der Waals surface area (Å²) < 4.78 is 5.39. The molecule has 0 radical (unpaired) electrons. The van der Waals surface area contributed by atoms with Crippen molar-refractivity contribution in [3.8, 4) is 5.75 Å². The smallest absolute Gasteiger partial charge is 0.265 e. The summed E-state index contributed by atoms with van der Waals surface area (Å²) in [4.78, 5) is 39.6. The Morgan fingerprint density at radius 3 is 2.68 bits per heavy atom. The van der Waals surface area contributed by atoms with Gasteiger partial charge in [-0.05, 0) is 24.3 Å². The van der Waals surface area contributed by atoms with Crippen molar-refractivity contribution in [1.82, 2.24) is 4.90 Å². The van der Waals surface area contributed by atoms with Crippen molar-refractivity contribution in [3.05, 3.63) is 53.6 Å². The number of benzene rings is 2. The second kappa shape index (κ2) is 8.75. The monoisotopic (exact) mass is 401 g/mol. The van der Waals surface area contributed by atoms with Crippen LogP contribution in [0.25, 0.3) is 0 Å². The van der Waals surface area contributed by atoms with E-state index in [1.807, 2.05) is 6.07 Å². The van der Waals surface area contributed by atoms with Crippen LogP contribution in [0.15, 0.2) is 48.5 Å². The Morgan fingerprint density at radius 2 is 1.89 bits per heavy atom. The predicted octanol–water partition coefficient (Wildman–Crippen LogP) is 2.55. The lowest BCUT2D eigenvalue weighted by Gasteiger charge is -2.29. The molecular weight excluding hydrogens is 382 g/mol. The summed E-state index contributed by atoms with van der Waals surface area (Å²) in [6.07, 6.45) is 0.0932. The lowest BCUT2D eigenvalue weighted by molar-refractivity contribution is -0.133. The van der Waals surface area contributed by atoms with Gasteiger partial charge in [0, 0.05) is 20.0 Å². The number of nitrogens with zero attached hydrogens (tertiary/aromatic N) is 2. The maximum Gasteiger partial charge on any atom is 0.265 e. The van der Waals surface area contributed by atoms with Crippen molar-refractivity contribution < 1.29 is 19.1 Å². The predicted molar refractivity (Wildman–Crippen MR) is 107 cm³/mol. The number of carbonyl (C=O) groups excluding carboxylic acids is 3. The van der Waals surface area contributed by atoms with Gasteiger partial charge in [0.1, 0.15) is 5.75 Å². The lowest BCUT2D eigenvalue weighted by atomic mass is 10.2. The van der Waals surface area contributed by atoms with Crippen LogP contribution < -0.4 is 15.0 Å². The van der Waals surface area contributed by atoms with Gasteiger partial charge in [0.15, 0.2) is 6.61 Å². The molecule has 1 aliphatic rings. The first-order valence-corrected chi connectivity index (χ1v) is 9.14. The molecule has 0 aromatic heterocycles. The average molecular weight is 402 g/mol. The lowest BCUT2D eigenvalue weighted by Crippen LogP contribution is -2.42. The van der Waals surface area contributed by atoms with E-state index in [9.17, 15) is 14.4 Å². The highest BCUT2D eigenvalue weighted by molar-refractivity contribution is 6.33. The maximum absolute atomic E-state index is 12.4. The van der Waals surface area contributed by atoms with Crippen LogP contribution in [0.2, 0.25) is 5.02 Å². The molecule has 3 amide bonds. The van der Waals surface area contributed by atoms with Crippen molar-refractivity contribution in [2.45, 2.75) is 6.42 Å². The second-order valence-electron chi connectivity index (χ2n) is 6.33. The van der Waals surface area contributed by atoms with Crippen molar-refractivity contribution in [2.75, 3.05) is 37.0 Å². The Bertz CT molecular complexity index is 903. The van der Waals surface area contributed by atoms with Gasteiger partial charge in [-0.2, -0.15) is 0 Å². The van der Waals surface area contributed by atoms with Gasteiger partial charge in [0.05, 0.1) is 22.9 Å². The Labute approximate surface area is 167 Å². The number of fused-ring (bicyclic) bond motifs is 1. The molecule has 8 heteroatoms. The van der Waals surface area contributed by atoms with Gasteiger partial charge in [-0.3, -0.25) is 14.4 Å². The largest absolute Gasteiger partial charge is 0.482 e. The molecule has 2 aromatic rings. The molecule has 28 heavy (non-hydrogen) atoms. The molecule has 1 aliphatic heterocycles. The Hall–Kier alpha value is -3.06. The summed E-state index contributed by atoms with van der Waals surface area (Å²) in [5.74, 6) is -0.185. The number of nitrogens with one attached hydrogen (secondary N) is 1. The molecule has 3 rings (SSSR count). The highest BCUT2D eigenvalue weighted by Gasteiger charge is 2.26. The van der Waals surface area contributed by atoms with E-state index in [-0.39, 0.29) is 43.8 Å². The number of anilines is 2. The summed E-state index contributed by atoms with van der Waals surface area (Å²) in [6, 6.07) is 14.1. The van der Waals surface area contributed by atoms with Crippen LogP contribution in [0, 0.1) is 0 Å². The number of hydrogen-bond acceptors (Lipinski definition) is 4. The first-order chi connectivity index (χ1) is 13.5. The molecule has 0 fully saturated rings. The van der Waals surface area contributed by atoms with Crippen molar-refractivity contribution in [3.63, 3.8) is 0 Å². The molecular formula is C20H20ClN3O4. The Morgan fingerprint density at radius 1 is 1.18 bits per heavy atom. The number of carbonyl (C=O) groups is 3. The highest BCUT2D eigenvalue weighted by atomic mass is 35.5. The normalized spacial score (nSPS) is 12.8. The minimum atomic E-state index is -0.350. The fourth-order valence-corrected chi connectivity index (χ4v) is 3.04. The standard InChI is InChI=1S/C20H20ClN3O4/c1-23(12-18(25)22-15-7-3-2-6-14(15)21)19(26)10-11-24-16-8-4-5-9-17(16)28-13-20(24)27/h2-9H,10-13H2,1H3,(H,22,25). The molecule has 146 valence electrons. The van der Waals surface area contributed by atoms with Gasteiger partial charge in [-0.25, -0.2) is 0 Å². The summed E-state index contributed by atoms with van der Waals surface area (Å²) in [5.41, 5.74) is 1.14. The zero-order valence-corrected chi connectivity index (χ0v) is 16.1. The summed E-state index contributed by atoms with van der Waals surface area (Å²) in [6.45, 7) is 0.0491. The SMILES string of the molecule is CN(CC(=O)Nc1ccccc1Cl)C(=O)CCN1C(=O)COc2ccccc21. The fourth-order valence-electron chi connectivity index (χ4n) is 2.85. The van der Waals surface area contributed by atoms with Crippen LogP contribution in [0.5, 0.6) is 5.75 Å². The zero-order valence-electron chi connectivity index (χ0n) is 15.4. The van der Waals surface area contributed by atoms with Crippen molar-refractivity contribution in [1.29, 1.82) is 0 Å². The second-order valence-corrected chi connectivity index (χ2v) is 6.74. The summed E-state index contributed by atoms with van der Waals surface area (Å²) in [5, 5.41) is 3.10. The third-order valence-electron chi connectivity index (χ3n) is 4.31. The maximum atomic E-state index is 12.4. The molecule has 1 N–H and O–H groups in total. The zero-order chi connectivity index (χ0) is 20.1. The molecule has 0 aliphatic carbocycles. The number of likely N-dealkylation sites (N-methyl/N-ethyl adjacent to an activating group) is 1. The molecule has 0 atom stereocenters. The van der Waals surface area contributed by atoms with Crippen LogP contribution in [-0.4, -0.2) is 49.4 Å². The van der Waals surface area contributed by atoms with Crippen molar-refractivity contribution in [2.24, 2.45) is 0 Å². The van der Waals surface area contributed by atoms with Crippen LogP contribution >= 0.6 is 11.6 Å². The molecule has 0 saturated heterocycles. The molecule has 0 spiro atoms. The number of hydrogen-bond donors (Lipinski definition) is 1. The van der Waals surface area contributed by atoms with Gasteiger partial charge < -0.3 is 19.9 Å². The molecule has 1 heterocycles. The number of halogens is 1. The fraction of sp³-hybridized carbons (Fsp3) is 0.250. The topological polar surface area (TPSA) is 79.0 Å². The van der Waals surface area contributed by atoms with Crippen LogP contribution in [0.4, 0.5) is 11.4 Å². The molecule has 0 unspecified atom stereocenters. The van der Waals surface area contributed by atoms with E-state index in [0.717, 1.165) is 0 Å². The van der Waals surface area contributed by atoms with Crippen LogP contribution in [-0.2, 0) is 14.4 Å². The Kier molecular flexibility index (Phi) is 6.16. The molecule has 0 saturated carbocycles. The summed E-state index contributed by atoms with van der Waals surface area (Å²) in [7, 11) is 1.55. The first-order valence-electron chi connectivity index (χ1n) is 8.76. The molecule has 7 nitrogen and oxygen atoms in total. The Balaban J connectivity index is 1.54. The minimum Gasteiger partial charge on any atom is -0.482 e. The third kappa shape index (κ3) is 4.61.